The summed E-state index contributed by atoms with van der Waals surface area (Å²) in [5.41, 5.74) is 13.7. The van der Waals surface area contributed by atoms with Crippen LogP contribution in [0.5, 0.6) is 5.75 Å². The summed E-state index contributed by atoms with van der Waals surface area (Å²) in [6.07, 6.45) is 2.78. The average molecular weight is 495 g/mol. The van der Waals surface area contributed by atoms with Gasteiger partial charge in [0.1, 0.15) is 40.5 Å². The van der Waals surface area contributed by atoms with Crippen LogP contribution in [0, 0.1) is 5.82 Å². The summed E-state index contributed by atoms with van der Waals surface area (Å²) in [5, 5.41) is 7.85. The number of benzene rings is 1. The number of ether oxygens (including phenoxy) is 1. The van der Waals surface area contributed by atoms with Crippen molar-refractivity contribution in [3.05, 3.63) is 59.2 Å². The molecule has 0 saturated heterocycles. The Bertz CT molecular complexity index is 1490. The number of pyridine rings is 1. The lowest BCUT2D eigenvalue weighted by Gasteiger charge is -2.30. The number of alkyl halides is 1. The number of hydrogen-bond acceptors (Lipinski definition) is 6. The molecule has 4 aromatic rings. The van der Waals surface area contributed by atoms with E-state index in [2.05, 4.69) is 20.4 Å². The standard InChI is InChI=1S/C24H23F2N7O3/c1-36-17-3-2-12(25)8-16(17)24(35)31-10-11-9-30-20(15-4-5-29-19(11)15)21-18(23(28)34)22(27)33(32-21)14-6-13(26)7-14/h2-5,8-9,13-14,29H,6-7,10,27H2,1H3,(H2,28,34)(H,31,35). The molecular weight excluding hydrogens is 472 g/mol. The number of halogens is 2. The van der Waals surface area contributed by atoms with Crippen LogP contribution in [0.25, 0.3) is 22.3 Å². The maximum absolute atomic E-state index is 13.7. The van der Waals surface area contributed by atoms with Crippen molar-refractivity contribution < 1.29 is 23.1 Å². The number of anilines is 1. The third kappa shape index (κ3) is 3.89. The number of carbonyl (C=O) groups is 2. The molecule has 0 spiro atoms. The van der Waals surface area contributed by atoms with Crippen LogP contribution in [0.4, 0.5) is 14.6 Å². The summed E-state index contributed by atoms with van der Waals surface area (Å²) < 4.78 is 33.7. The number of nitrogen functional groups attached to an aromatic ring is 1. The molecule has 0 atom stereocenters. The minimum absolute atomic E-state index is 0.0200. The molecule has 2 amide bonds. The van der Waals surface area contributed by atoms with Gasteiger partial charge in [0.25, 0.3) is 11.8 Å². The van der Waals surface area contributed by atoms with Crippen molar-refractivity contribution in [3.8, 4) is 17.1 Å². The van der Waals surface area contributed by atoms with Gasteiger partial charge in [-0.25, -0.2) is 13.5 Å². The highest BCUT2D eigenvalue weighted by molar-refractivity contribution is 6.06. The highest BCUT2D eigenvalue weighted by atomic mass is 19.1. The number of rotatable bonds is 7. The van der Waals surface area contributed by atoms with E-state index in [0.717, 1.165) is 6.07 Å². The number of aromatic nitrogens is 4. The number of H-pyrrole nitrogens is 1. The van der Waals surface area contributed by atoms with E-state index in [1.54, 1.807) is 12.3 Å². The van der Waals surface area contributed by atoms with Crippen LogP contribution < -0.4 is 21.5 Å². The number of nitrogens with one attached hydrogen (secondary N) is 2. The molecule has 0 bridgehead atoms. The number of aromatic amines is 1. The number of methoxy groups -OCH3 is 1. The van der Waals surface area contributed by atoms with Crippen LogP contribution in [0.3, 0.4) is 0 Å². The highest BCUT2D eigenvalue weighted by Gasteiger charge is 2.35. The molecular formula is C24H23F2N7O3. The van der Waals surface area contributed by atoms with E-state index in [9.17, 15) is 18.4 Å². The Kier molecular flexibility index (Phi) is 5.78. The lowest BCUT2D eigenvalue weighted by Crippen LogP contribution is -2.29. The molecule has 36 heavy (non-hydrogen) atoms. The Morgan fingerprint density at radius 3 is 2.75 bits per heavy atom. The molecule has 12 heteroatoms. The lowest BCUT2D eigenvalue weighted by molar-refractivity contribution is 0.0946. The molecule has 3 aromatic heterocycles. The average Bonchev–Trinajstić information content (AvgIpc) is 3.45. The number of primary amides is 1. The second-order valence-corrected chi connectivity index (χ2v) is 8.57. The van der Waals surface area contributed by atoms with Gasteiger partial charge in [0.05, 0.1) is 24.2 Å². The van der Waals surface area contributed by atoms with Crippen LogP contribution in [-0.4, -0.2) is 44.8 Å². The van der Waals surface area contributed by atoms with Gasteiger partial charge in [0.2, 0.25) is 0 Å². The second-order valence-electron chi connectivity index (χ2n) is 8.57. The van der Waals surface area contributed by atoms with Crippen molar-refractivity contribution in [2.24, 2.45) is 5.73 Å². The monoisotopic (exact) mass is 495 g/mol. The van der Waals surface area contributed by atoms with Gasteiger partial charge in [-0.3, -0.25) is 14.6 Å². The number of carbonyl (C=O) groups excluding carboxylic acids is 2. The van der Waals surface area contributed by atoms with E-state index in [0.29, 0.717) is 22.2 Å². The summed E-state index contributed by atoms with van der Waals surface area (Å²) >= 11 is 0. The topological polar surface area (TPSA) is 154 Å². The molecule has 1 fully saturated rings. The maximum atomic E-state index is 13.7. The van der Waals surface area contributed by atoms with E-state index in [1.165, 1.54) is 30.1 Å². The summed E-state index contributed by atoms with van der Waals surface area (Å²) in [6, 6.07) is 5.17. The zero-order valence-corrected chi connectivity index (χ0v) is 19.2. The third-order valence-corrected chi connectivity index (χ3v) is 6.34. The highest BCUT2D eigenvalue weighted by Crippen LogP contribution is 2.39. The van der Waals surface area contributed by atoms with Crippen molar-refractivity contribution in [1.82, 2.24) is 25.1 Å². The summed E-state index contributed by atoms with van der Waals surface area (Å²) in [7, 11) is 1.39. The van der Waals surface area contributed by atoms with Crippen LogP contribution in [-0.2, 0) is 6.54 Å². The van der Waals surface area contributed by atoms with Gasteiger partial charge in [-0.2, -0.15) is 5.10 Å². The SMILES string of the molecule is COc1ccc(F)cc1C(=O)NCc1cnc(-c2nn(C3CC(F)C3)c(N)c2C(N)=O)c2cc[nH]c12. The van der Waals surface area contributed by atoms with Gasteiger partial charge in [-0.1, -0.05) is 0 Å². The molecule has 1 aliphatic carbocycles. The molecule has 0 unspecified atom stereocenters. The molecule has 5 rings (SSSR count). The summed E-state index contributed by atoms with van der Waals surface area (Å²) in [6.45, 7) is 0.0714. The minimum Gasteiger partial charge on any atom is -0.496 e. The van der Waals surface area contributed by atoms with Gasteiger partial charge >= 0.3 is 0 Å². The van der Waals surface area contributed by atoms with Gasteiger partial charge < -0.3 is 26.5 Å². The van der Waals surface area contributed by atoms with Crippen molar-refractivity contribution in [1.29, 1.82) is 0 Å². The van der Waals surface area contributed by atoms with Crippen molar-refractivity contribution >= 4 is 28.5 Å². The van der Waals surface area contributed by atoms with E-state index < -0.39 is 23.8 Å². The number of nitrogens with two attached hydrogens (primary N) is 2. The Hall–Kier alpha value is -4.48. The van der Waals surface area contributed by atoms with Crippen molar-refractivity contribution in [2.45, 2.75) is 31.6 Å². The zero-order chi connectivity index (χ0) is 25.6. The van der Waals surface area contributed by atoms with Gasteiger partial charge in [-0.15, -0.1) is 0 Å². The number of nitrogens with zero attached hydrogens (tertiary/aromatic N) is 3. The smallest absolute Gasteiger partial charge is 0.255 e. The predicted molar refractivity (Wildman–Crippen MR) is 128 cm³/mol. The quantitative estimate of drug-likeness (QED) is 0.309. The van der Waals surface area contributed by atoms with Crippen LogP contribution in [0.1, 0.15) is 45.2 Å². The summed E-state index contributed by atoms with van der Waals surface area (Å²) in [5.74, 6) is -1.54. The fourth-order valence-electron chi connectivity index (χ4n) is 4.42. The first kappa shape index (κ1) is 23.3. The molecule has 186 valence electrons. The third-order valence-electron chi connectivity index (χ3n) is 6.34. The van der Waals surface area contributed by atoms with Crippen molar-refractivity contribution in [2.75, 3.05) is 12.8 Å². The van der Waals surface area contributed by atoms with Crippen LogP contribution in [0.15, 0.2) is 36.7 Å². The number of hydrogen-bond donors (Lipinski definition) is 4. The van der Waals surface area contributed by atoms with Crippen LogP contribution >= 0.6 is 0 Å². The molecule has 0 radical (unpaired) electrons. The molecule has 3 heterocycles. The first-order chi connectivity index (χ1) is 17.3. The predicted octanol–water partition coefficient (Wildman–Crippen LogP) is 2.86. The Balaban J connectivity index is 1.47. The van der Waals surface area contributed by atoms with Crippen molar-refractivity contribution in [3.63, 3.8) is 0 Å². The second kappa shape index (κ2) is 8.95. The molecule has 1 aromatic carbocycles. The summed E-state index contributed by atoms with van der Waals surface area (Å²) in [4.78, 5) is 32.5. The first-order valence-electron chi connectivity index (χ1n) is 11.2. The van der Waals surface area contributed by atoms with Crippen LogP contribution in [0.2, 0.25) is 0 Å². The van der Waals surface area contributed by atoms with E-state index in [1.807, 2.05) is 0 Å². The lowest BCUT2D eigenvalue weighted by atomic mass is 9.91. The maximum Gasteiger partial charge on any atom is 0.255 e. The Labute approximate surface area is 203 Å². The molecule has 6 N–H and O–H groups in total. The molecule has 10 nitrogen and oxygen atoms in total. The molecule has 0 aliphatic heterocycles. The van der Waals surface area contributed by atoms with E-state index >= 15 is 0 Å². The first-order valence-corrected chi connectivity index (χ1v) is 11.2. The normalized spacial score (nSPS) is 17.1. The van der Waals surface area contributed by atoms with Gasteiger partial charge in [0, 0.05) is 42.7 Å². The number of fused-ring (bicyclic) bond motifs is 1. The largest absolute Gasteiger partial charge is 0.496 e. The van der Waals surface area contributed by atoms with Gasteiger partial charge in [-0.05, 0) is 24.3 Å². The zero-order valence-electron chi connectivity index (χ0n) is 19.2. The van der Waals surface area contributed by atoms with E-state index in [4.69, 9.17) is 16.2 Å². The minimum atomic E-state index is -0.935. The Morgan fingerprint density at radius 2 is 2.06 bits per heavy atom. The Morgan fingerprint density at radius 1 is 1.28 bits per heavy atom. The molecule has 1 saturated carbocycles. The fraction of sp³-hybridized carbons (Fsp3) is 0.250. The fourth-order valence-corrected chi connectivity index (χ4v) is 4.42. The number of amides is 2. The van der Waals surface area contributed by atoms with Gasteiger partial charge in [0.15, 0.2) is 0 Å². The van der Waals surface area contributed by atoms with E-state index in [-0.39, 0.29) is 53.8 Å². The molecule has 1 aliphatic rings.